The van der Waals surface area contributed by atoms with Gasteiger partial charge in [-0.25, -0.2) is 0 Å². The lowest BCUT2D eigenvalue weighted by molar-refractivity contribution is -0.137. The smallest absolute Gasteiger partial charge is 0.323 e. The molecule has 1 N–H and O–H groups in total. The van der Waals surface area contributed by atoms with Crippen LogP contribution in [-0.4, -0.2) is 41.2 Å². The Bertz CT molecular complexity index is 416. The molecule has 0 atom stereocenters. The molecule has 100 valence electrons. The van der Waals surface area contributed by atoms with E-state index in [0.29, 0.717) is 18.7 Å². The van der Waals surface area contributed by atoms with Crippen molar-refractivity contribution in [1.82, 2.24) is 4.90 Å². The molecule has 0 aliphatic carbocycles. The van der Waals surface area contributed by atoms with Gasteiger partial charge in [-0.1, -0.05) is 6.92 Å². The lowest BCUT2D eigenvalue weighted by Gasteiger charge is -2.18. The Hall–Kier alpha value is -1.43. The maximum Gasteiger partial charge on any atom is 0.323 e. The van der Waals surface area contributed by atoms with Gasteiger partial charge in [0.05, 0.1) is 5.75 Å². The topological polar surface area (TPSA) is 70.8 Å². The summed E-state index contributed by atoms with van der Waals surface area (Å²) in [5, 5.41) is 8.77. The van der Waals surface area contributed by atoms with Gasteiger partial charge in [-0.05, 0) is 24.8 Å². The largest absolute Gasteiger partial charge is 0.480 e. The van der Waals surface area contributed by atoms with Gasteiger partial charge in [-0.2, -0.15) is 11.8 Å². The molecule has 5 nitrogen and oxygen atoms in total. The molecule has 1 aromatic rings. The summed E-state index contributed by atoms with van der Waals surface area (Å²) < 4.78 is 5.39. The van der Waals surface area contributed by atoms with Crippen molar-refractivity contribution in [1.29, 1.82) is 0 Å². The van der Waals surface area contributed by atoms with Crippen LogP contribution in [0.25, 0.3) is 0 Å². The van der Waals surface area contributed by atoms with E-state index in [4.69, 9.17) is 9.52 Å². The fourth-order valence-corrected chi connectivity index (χ4v) is 1.99. The summed E-state index contributed by atoms with van der Waals surface area (Å²) in [4.78, 5) is 24.0. The minimum Gasteiger partial charge on any atom is -0.480 e. The van der Waals surface area contributed by atoms with Crippen LogP contribution in [0.1, 0.15) is 29.7 Å². The van der Waals surface area contributed by atoms with E-state index in [1.165, 1.54) is 4.90 Å². The van der Waals surface area contributed by atoms with Gasteiger partial charge in [0.15, 0.2) is 5.76 Å². The predicted octanol–water partition coefficient (Wildman–Crippen LogP) is 2.08. The van der Waals surface area contributed by atoms with Gasteiger partial charge in [0.25, 0.3) is 5.91 Å². The molecule has 1 rings (SSSR count). The van der Waals surface area contributed by atoms with E-state index >= 15 is 0 Å². The molecule has 1 heterocycles. The Balaban J connectivity index is 2.77. The van der Waals surface area contributed by atoms with Gasteiger partial charge < -0.3 is 14.4 Å². The number of amides is 1. The number of carboxylic acids is 1. The van der Waals surface area contributed by atoms with E-state index < -0.39 is 5.97 Å². The fraction of sp³-hybridized carbons (Fsp3) is 0.500. The number of hydrogen-bond acceptors (Lipinski definition) is 4. The first-order valence-corrected chi connectivity index (χ1v) is 7.06. The molecule has 0 aromatic carbocycles. The summed E-state index contributed by atoms with van der Waals surface area (Å²) >= 11 is 1.60. The van der Waals surface area contributed by atoms with Crippen LogP contribution < -0.4 is 0 Å². The Morgan fingerprint density at radius 3 is 2.72 bits per heavy atom. The second kappa shape index (κ2) is 7.10. The molecule has 1 aromatic heterocycles. The van der Waals surface area contributed by atoms with Crippen molar-refractivity contribution in [3.05, 3.63) is 23.7 Å². The van der Waals surface area contributed by atoms with Gasteiger partial charge in [0.2, 0.25) is 0 Å². The highest BCUT2D eigenvalue weighted by atomic mass is 32.2. The van der Waals surface area contributed by atoms with Crippen LogP contribution in [0.2, 0.25) is 0 Å². The van der Waals surface area contributed by atoms with E-state index in [1.54, 1.807) is 23.9 Å². The fourth-order valence-electron chi connectivity index (χ4n) is 1.55. The first kappa shape index (κ1) is 14.6. The molecule has 0 bridgehead atoms. The average Bonchev–Trinajstić information content (AvgIpc) is 2.76. The van der Waals surface area contributed by atoms with Crippen LogP contribution in [0.4, 0.5) is 0 Å². The zero-order valence-electron chi connectivity index (χ0n) is 10.5. The van der Waals surface area contributed by atoms with E-state index in [2.05, 4.69) is 0 Å². The predicted molar refractivity (Wildman–Crippen MR) is 69.8 cm³/mol. The molecule has 0 aliphatic heterocycles. The van der Waals surface area contributed by atoms with E-state index in [1.807, 2.05) is 13.2 Å². The number of nitrogens with zero attached hydrogens (tertiary/aromatic N) is 1. The number of carbonyl (C=O) groups is 2. The number of carboxylic acid groups (broad SMARTS) is 1. The van der Waals surface area contributed by atoms with Gasteiger partial charge in [-0.3, -0.25) is 9.59 Å². The van der Waals surface area contributed by atoms with Crippen LogP contribution in [0.5, 0.6) is 0 Å². The lowest BCUT2D eigenvalue weighted by atomic mass is 10.3. The van der Waals surface area contributed by atoms with Crippen molar-refractivity contribution in [3.63, 3.8) is 0 Å². The van der Waals surface area contributed by atoms with Crippen molar-refractivity contribution in [2.45, 2.75) is 19.1 Å². The SMILES string of the molecule is CCCN(CC(=O)O)C(=O)c1ccc(CSC)o1. The Morgan fingerprint density at radius 2 is 2.17 bits per heavy atom. The van der Waals surface area contributed by atoms with E-state index in [0.717, 1.165) is 5.76 Å². The zero-order chi connectivity index (χ0) is 13.5. The molecule has 0 saturated carbocycles. The minimum atomic E-state index is -1.02. The second-order valence-electron chi connectivity index (χ2n) is 3.82. The first-order valence-electron chi connectivity index (χ1n) is 5.67. The number of aliphatic carboxylic acids is 1. The van der Waals surface area contributed by atoms with Crippen molar-refractivity contribution in [2.75, 3.05) is 19.3 Å². The van der Waals surface area contributed by atoms with Crippen molar-refractivity contribution in [3.8, 4) is 0 Å². The van der Waals surface area contributed by atoms with Crippen LogP contribution in [0.3, 0.4) is 0 Å². The highest BCUT2D eigenvalue weighted by Crippen LogP contribution is 2.15. The molecule has 0 unspecified atom stereocenters. The summed E-state index contributed by atoms with van der Waals surface area (Å²) in [6.07, 6.45) is 2.65. The third-order valence-electron chi connectivity index (χ3n) is 2.27. The average molecular weight is 271 g/mol. The molecule has 0 radical (unpaired) electrons. The molecule has 0 aliphatic rings. The number of thioether (sulfide) groups is 1. The molecule has 0 fully saturated rings. The summed E-state index contributed by atoms with van der Waals surface area (Å²) in [5.74, 6) is 0.227. The summed E-state index contributed by atoms with van der Waals surface area (Å²) in [6, 6.07) is 3.34. The molecule has 6 heteroatoms. The summed E-state index contributed by atoms with van der Waals surface area (Å²) in [7, 11) is 0. The number of rotatable bonds is 7. The monoisotopic (exact) mass is 271 g/mol. The van der Waals surface area contributed by atoms with Crippen molar-refractivity contribution in [2.24, 2.45) is 0 Å². The third-order valence-corrected chi connectivity index (χ3v) is 2.84. The van der Waals surface area contributed by atoms with Crippen LogP contribution in [0, 0.1) is 0 Å². The Kier molecular flexibility index (Phi) is 5.77. The second-order valence-corrected chi connectivity index (χ2v) is 4.69. The first-order chi connectivity index (χ1) is 8.58. The van der Waals surface area contributed by atoms with E-state index in [9.17, 15) is 9.59 Å². The van der Waals surface area contributed by atoms with E-state index in [-0.39, 0.29) is 18.2 Å². The van der Waals surface area contributed by atoms with Crippen LogP contribution >= 0.6 is 11.8 Å². The Morgan fingerprint density at radius 1 is 1.44 bits per heavy atom. The number of hydrogen-bond donors (Lipinski definition) is 1. The van der Waals surface area contributed by atoms with Gasteiger partial charge in [0.1, 0.15) is 12.3 Å². The molecule has 18 heavy (non-hydrogen) atoms. The van der Waals surface area contributed by atoms with Crippen LogP contribution in [0.15, 0.2) is 16.5 Å². The highest BCUT2D eigenvalue weighted by molar-refractivity contribution is 7.97. The third kappa shape index (κ3) is 4.10. The highest BCUT2D eigenvalue weighted by Gasteiger charge is 2.20. The number of carbonyl (C=O) groups excluding carboxylic acids is 1. The quantitative estimate of drug-likeness (QED) is 0.822. The van der Waals surface area contributed by atoms with Crippen LogP contribution in [-0.2, 0) is 10.5 Å². The lowest BCUT2D eigenvalue weighted by Crippen LogP contribution is -2.36. The molecular weight excluding hydrogens is 254 g/mol. The number of furan rings is 1. The van der Waals surface area contributed by atoms with Crippen molar-refractivity contribution >= 4 is 23.6 Å². The normalized spacial score (nSPS) is 10.3. The van der Waals surface area contributed by atoms with Gasteiger partial charge in [0, 0.05) is 6.54 Å². The summed E-state index contributed by atoms with van der Waals surface area (Å²) in [5.41, 5.74) is 0. The maximum atomic E-state index is 12.0. The maximum absolute atomic E-state index is 12.0. The molecular formula is C12H17NO4S. The molecule has 1 amide bonds. The minimum absolute atomic E-state index is 0.203. The summed E-state index contributed by atoms with van der Waals surface area (Å²) in [6.45, 7) is 2.00. The molecule has 0 spiro atoms. The Labute approximate surface area is 110 Å². The molecule has 0 saturated heterocycles. The van der Waals surface area contributed by atoms with Gasteiger partial charge >= 0.3 is 5.97 Å². The van der Waals surface area contributed by atoms with Gasteiger partial charge in [-0.15, -0.1) is 0 Å². The standard InChI is InChI=1S/C12H17NO4S/c1-3-6-13(7-11(14)15)12(16)10-5-4-9(17-10)8-18-2/h4-5H,3,6-8H2,1-2H3,(H,14,15). The zero-order valence-corrected chi connectivity index (χ0v) is 11.3. The van der Waals surface area contributed by atoms with Crippen molar-refractivity contribution < 1.29 is 19.1 Å².